The molecule has 154 valence electrons. The van der Waals surface area contributed by atoms with E-state index >= 15 is 0 Å². The van der Waals surface area contributed by atoms with Crippen LogP contribution in [-0.4, -0.2) is 31.6 Å². The Bertz CT molecular complexity index is 930. The number of aryl methyl sites for hydroxylation is 1. The zero-order valence-electron chi connectivity index (χ0n) is 17.9. The number of nitrogens with zero attached hydrogens (tertiary/aromatic N) is 1. The van der Waals surface area contributed by atoms with Crippen LogP contribution in [0.5, 0.6) is 0 Å². The highest BCUT2D eigenvalue weighted by atomic mass is 79.9. The Balaban J connectivity index is 2.02. The van der Waals surface area contributed by atoms with Crippen LogP contribution >= 0.6 is 15.9 Å². The highest BCUT2D eigenvalue weighted by Crippen LogP contribution is 2.39. The highest BCUT2D eigenvalue weighted by molar-refractivity contribution is 9.10. The van der Waals surface area contributed by atoms with Gasteiger partial charge in [0.15, 0.2) is 8.32 Å². The van der Waals surface area contributed by atoms with Crippen molar-refractivity contribution < 1.29 is 14.0 Å². The van der Waals surface area contributed by atoms with E-state index < -0.39 is 14.4 Å². The first-order valence-corrected chi connectivity index (χ1v) is 13.5. The van der Waals surface area contributed by atoms with Crippen LogP contribution in [0.1, 0.15) is 58.7 Å². The van der Waals surface area contributed by atoms with Gasteiger partial charge in [-0.05, 0) is 60.4 Å². The zero-order valence-corrected chi connectivity index (χ0v) is 20.5. The predicted molar refractivity (Wildman–Crippen MR) is 122 cm³/mol. The number of amides is 2. The fourth-order valence-corrected chi connectivity index (χ4v) is 4.79. The van der Waals surface area contributed by atoms with E-state index in [4.69, 9.17) is 4.43 Å². The van der Waals surface area contributed by atoms with Gasteiger partial charge < -0.3 is 4.43 Å². The Morgan fingerprint density at radius 1 is 1.03 bits per heavy atom. The Morgan fingerprint density at radius 2 is 1.59 bits per heavy atom. The number of hydrogen-bond donors (Lipinski definition) is 0. The van der Waals surface area contributed by atoms with Gasteiger partial charge in [-0.25, -0.2) is 0 Å². The Morgan fingerprint density at radius 3 is 2.07 bits per heavy atom. The summed E-state index contributed by atoms with van der Waals surface area (Å²) >= 11 is 3.50. The van der Waals surface area contributed by atoms with Crippen molar-refractivity contribution in [3.63, 3.8) is 0 Å². The third kappa shape index (κ3) is 4.11. The van der Waals surface area contributed by atoms with Gasteiger partial charge in [-0.2, -0.15) is 0 Å². The van der Waals surface area contributed by atoms with Gasteiger partial charge in [-0.15, -0.1) is 0 Å². The first-order chi connectivity index (χ1) is 13.4. The van der Waals surface area contributed by atoms with Gasteiger partial charge in [0.05, 0.1) is 23.8 Å². The number of carbonyl (C=O) groups is 2. The van der Waals surface area contributed by atoms with Crippen molar-refractivity contribution >= 4 is 36.1 Å². The topological polar surface area (TPSA) is 46.6 Å². The molecule has 0 N–H and O–H groups in total. The summed E-state index contributed by atoms with van der Waals surface area (Å²) < 4.78 is 7.45. The Kier molecular flexibility index (Phi) is 5.91. The molecule has 0 spiro atoms. The number of benzene rings is 2. The minimum atomic E-state index is -2.06. The van der Waals surface area contributed by atoms with E-state index in [9.17, 15) is 9.59 Å². The molecule has 1 aliphatic heterocycles. The molecular formula is C23H28BrNO3Si. The lowest BCUT2D eigenvalue weighted by atomic mass is 10.0. The molecule has 0 saturated heterocycles. The van der Waals surface area contributed by atoms with E-state index in [0.717, 1.165) is 15.6 Å². The lowest BCUT2D eigenvalue weighted by Gasteiger charge is -2.38. The fourth-order valence-electron chi connectivity index (χ4n) is 3.31. The smallest absolute Gasteiger partial charge is 0.262 e. The van der Waals surface area contributed by atoms with Gasteiger partial charge in [-0.3, -0.25) is 14.5 Å². The third-order valence-corrected chi connectivity index (χ3v) is 11.1. The summed E-state index contributed by atoms with van der Waals surface area (Å²) in [4.78, 5) is 27.7. The summed E-state index contributed by atoms with van der Waals surface area (Å²) in [5.74, 6) is -0.506. The average molecular weight is 474 g/mol. The normalized spacial score (nSPS) is 15.6. The number of hydrogen-bond acceptors (Lipinski definition) is 3. The van der Waals surface area contributed by atoms with Crippen LogP contribution in [0.2, 0.25) is 18.1 Å². The molecule has 29 heavy (non-hydrogen) atoms. The lowest BCUT2D eigenvalue weighted by Crippen LogP contribution is -2.44. The second-order valence-corrected chi connectivity index (χ2v) is 14.8. The summed E-state index contributed by atoms with van der Waals surface area (Å²) in [6, 6.07) is 12.5. The SMILES string of the molecule is Cc1cc(Br)ccc1C(CO[Si](C)(C)C(C)(C)C)N1C(=O)c2ccccc2C1=O. The van der Waals surface area contributed by atoms with Crippen LogP contribution in [0, 0.1) is 6.92 Å². The minimum absolute atomic E-state index is 0.0360. The molecule has 0 fully saturated rings. The van der Waals surface area contributed by atoms with Crippen molar-refractivity contribution in [3.05, 3.63) is 69.2 Å². The average Bonchev–Trinajstić information content (AvgIpc) is 2.88. The van der Waals surface area contributed by atoms with Gasteiger partial charge >= 0.3 is 0 Å². The maximum atomic E-state index is 13.2. The Hall–Kier alpha value is -1.76. The molecule has 6 heteroatoms. The standard InChI is InChI=1S/C23H28BrNO3Si/c1-15-13-16(24)11-12-17(15)20(14-28-29(5,6)23(2,3)4)25-21(26)18-9-7-8-10-19(18)22(25)27/h7-13,20H,14H2,1-6H3. The first-order valence-electron chi connectivity index (χ1n) is 9.81. The maximum Gasteiger partial charge on any atom is 0.262 e. The second-order valence-electron chi connectivity index (χ2n) is 9.11. The van der Waals surface area contributed by atoms with Crippen LogP contribution in [0.15, 0.2) is 46.9 Å². The van der Waals surface area contributed by atoms with Crippen molar-refractivity contribution in [3.8, 4) is 0 Å². The molecule has 4 nitrogen and oxygen atoms in total. The van der Waals surface area contributed by atoms with Crippen molar-refractivity contribution in [1.82, 2.24) is 4.90 Å². The maximum absolute atomic E-state index is 13.2. The summed E-state index contributed by atoms with van der Waals surface area (Å²) in [5, 5.41) is 0.0360. The van der Waals surface area contributed by atoms with Gasteiger partial charge in [0.25, 0.3) is 11.8 Å². The molecule has 2 amide bonds. The number of rotatable bonds is 5. The molecule has 2 aromatic rings. The number of imide groups is 1. The van der Waals surface area contributed by atoms with Crippen molar-refractivity contribution in [1.29, 1.82) is 0 Å². The first kappa shape index (κ1) is 21.9. The van der Waals surface area contributed by atoms with Crippen LogP contribution in [-0.2, 0) is 4.43 Å². The fraction of sp³-hybridized carbons (Fsp3) is 0.391. The zero-order chi connectivity index (χ0) is 21.6. The summed E-state index contributed by atoms with van der Waals surface area (Å²) in [6.07, 6.45) is 0. The quantitative estimate of drug-likeness (QED) is 0.388. The predicted octanol–water partition coefficient (Wildman–Crippen LogP) is 6.12. The Labute approximate surface area is 182 Å². The number of halogens is 1. The molecule has 0 aromatic heterocycles. The second kappa shape index (κ2) is 7.82. The summed E-state index contributed by atoms with van der Waals surface area (Å²) in [5.41, 5.74) is 2.87. The van der Waals surface area contributed by atoms with Crippen molar-refractivity contribution in [2.75, 3.05) is 6.61 Å². The van der Waals surface area contributed by atoms with Crippen molar-refractivity contribution in [2.24, 2.45) is 0 Å². The molecule has 1 atom stereocenters. The van der Waals surface area contributed by atoms with Crippen LogP contribution in [0.4, 0.5) is 0 Å². The molecule has 0 saturated carbocycles. The monoisotopic (exact) mass is 473 g/mol. The molecule has 0 bridgehead atoms. The highest BCUT2D eigenvalue weighted by Gasteiger charge is 2.43. The number of fused-ring (bicyclic) bond motifs is 1. The molecule has 0 aliphatic carbocycles. The van der Waals surface area contributed by atoms with E-state index in [2.05, 4.69) is 49.8 Å². The largest absolute Gasteiger partial charge is 0.414 e. The lowest BCUT2D eigenvalue weighted by molar-refractivity contribution is 0.0520. The molecule has 0 radical (unpaired) electrons. The van der Waals surface area contributed by atoms with Crippen molar-refractivity contribution in [2.45, 2.75) is 51.9 Å². The van der Waals surface area contributed by atoms with E-state index in [0.29, 0.717) is 17.7 Å². The summed E-state index contributed by atoms with van der Waals surface area (Å²) in [6.45, 7) is 13.2. The van der Waals surface area contributed by atoms with Gasteiger partial charge in [-0.1, -0.05) is 54.9 Å². The van der Waals surface area contributed by atoms with Crippen LogP contribution in [0.3, 0.4) is 0 Å². The van der Waals surface area contributed by atoms with Gasteiger partial charge in [0.1, 0.15) is 0 Å². The van der Waals surface area contributed by atoms with E-state index in [1.165, 1.54) is 4.90 Å². The van der Waals surface area contributed by atoms with Crippen LogP contribution < -0.4 is 0 Å². The number of carbonyl (C=O) groups excluding carboxylic acids is 2. The van der Waals surface area contributed by atoms with E-state index in [-0.39, 0.29) is 16.9 Å². The summed E-state index contributed by atoms with van der Waals surface area (Å²) in [7, 11) is -2.06. The molecule has 2 aromatic carbocycles. The van der Waals surface area contributed by atoms with Crippen LogP contribution in [0.25, 0.3) is 0 Å². The molecule has 1 unspecified atom stereocenters. The molecule has 1 aliphatic rings. The van der Waals surface area contributed by atoms with Gasteiger partial charge in [0.2, 0.25) is 0 Å². The van der Waals surface area contributed by atoms with E-state index in [1.54, 1.807) is 24.3 Å². The minimum Gasteiger partial charge on any atom is -0.414 e. The van der Waals surface area contributed by atoms with Gasteiger partial charge in [0, 0.05) is 4.47 Å². The molecular weight excluding hydrogens is 446 g/mol. The third-order valence-electron chi connectivity index (χ3n) is 6.14. The van der Waals surface area contributed by atoms with E-state index in [1.807, 2.05) is 25.1 Å². The molecule has 3 rings (SSSR count). The molecule has 1 heterocycles.